The molecule has 0 saturated heterocycles. The van der Waals surface area contributed by atoms with Crippen molar-refractivity contribution in [3.05, 3.63) is 41.2 Å². The zero-order chi connectivity index (χ0) is 17.3. The van der Waals surface area contributed by atoms with Crippen molar-refractivity contribution in [2.45, 2.75) is 26.9 Å². The Morgan fingerprint density at radius 3 is 2.83 bits per heavy atom. The van der Waals surface area contributed by atoms with Gasteiger partial charge in [0, 0.05) is 30.1 Å². The number of carbonyl (C=O) groups is 1. The summed E-state index contributed by atoms with van der Waals surface area (Å²) in [4.78, 5) is 16.3. The van der Waals surface area contributed by atoms with Crippen molar-refractivity contribution in [3.63, 3.8) is 0 Å². The van der Waals surface area contributed by atoms with E-state index in [-0.39, 0.29) is 12.6 Å². The predicted octanol–water partition coefficient (Wildman–Crippen LogP) is 2.80. The lowest BCUT2D eigenvalue weighted by Gasteiger charge is -2.04. The Hall–Kier alpha value is -2.83. The second kappa shape index (κ2) is 6.35. The van der Waals surface area contributed by atoms with E-state index in [1.54, 1.807) is 0 Å². The fourth-order valence-corrected chi connectivity index (χ4v) is 2.64. The summed E-state index contributed by atoms with van der Waals surface area (Å²) in [5.41, 5.74) is 2.33. The molecule has 24 heavy (non-hydrogen) atoms. The average Bonchev–Trinajstić information content (AvgIpc) is 3.16. The molecule has 0 aliphatic rings. The molecule has 2 heterocycles. The Bertz CT molecular complexity index is 895. The molecule has 1 aromatic carbocycles. The maximum Gasteiger partial charge on any atom is 0.340 e. The topological polar surface area (TPSA) is 79.4 Å². The highest BCUT2D eigenvalue weighted by atomic mass is 16.5. The zero-order valence-corrected chi connectivity index (χ0v) is 14.1. The van der Waals surface area contributed by atoms with Crippen molar-refractivity contribution in [2.75, 3.05) is 7.11 Å². The zero-order valence-electron chi connectivity index (χ0n) is 14.1. The van der Waals surface area contributed by atoms with Gasteiger partial charge in [-0.3, -0.25) is 0 Å². The van der Waals surface area contributed by atoms with Gasteiger partial charge in [0.2, 0.25) is 11.7 Å². The van der Waals surface area contributed by atoms with Crippen LogP contribution in [0.3, 0.4) is 0 Å². The Morgan fingerprint density at radius 1 is 1.38 bits per heavy atom. The Balaban J connectivity index is 1.91. The number of aryl methyl sites for hydroxylation is 2. The van der Waals surface area contributed by atoms with Crippen LogP contribution in [0, 0.1) is 6.92 Å². The molecular weight excluding hydrogens is 310 g/mol. The molecule has 0 unspecified atom stereocenters. The van der Waals surface area contributed by atoms with Crippen molar-refractivity contribution in [1.82, 2.24) is 14.7 Å². The van der Waals surface area contributed by atoms with Crippen LogP contribution in [0.25, 0.3) is 10.9 Å². The summed E-state index contributed by atoms with van der Waals surface area (Å²) in [7, 11) is 3.29. The third-order valence-electron chi connectivity index (χ3n) is 4.03. The summed E-state index contributed by atoms with van der Waals surface area (Å²) in [5.74, 6) is 1.34. The van der Waals surface area contributed by atoms with Gasteiger partial charge in [-0.25, -0.2) is 4.79 Å². The van der Waals surface area contributed by atoms with Gasteiger partial charge in [-0.2, -0.15) is 4.98 Å². The number of carbonyl (C=O) groups excluding carboxylic acids is 1. The van der Waals surface area contributed by atoms with Gasteiger partial charge in [0.05, 0.1) is 12.7 Å². The van der Waals surface area contributed by atoms with Crippen LogP contribution in [0.1, 0.15) is 34.7 Å². The predicted molar refractivity (Wildman–Crippen MR) is 87.0 cm³/mol. The summed E-state index contributed by atoms with van der Waals surface area (Å²) >= 11 is 0. The third-order valence-corrected chi connectivity index (χ3v) is 4.03. The highest BCUT2D eigenvalue weighted by Gasteiger charge is 2.19. The number of fused-ring (bicyclic) bond motifs is 1. The number of benzene rings is 1. The number of aromatic nitrogens is 3. The maximum absolute atomic E-state index is 12.1. The number of hydrogen-bond acceptors (Lipinski definition) is 6. The summed E-state index contributed by atoms with van der Waals surface area (Å²) in [5, 5.41) is 4.65. The highest BCUT2D eigenvalue weighted by Crippen LogP contribution is 2.29. The number of nitrogens with zero attached hydrogens (tertiary/aromatic N) is 3. The van der Waals surface area contributed by atoms with E-state index in [4.69, 9.17) is 14.0 Å². The van der Waals surface area contributed by atoms with Crippen molar-refractivity contribution in [3.8, 4) is 5.75 Å². The second-order valence-electron chi connectivity index (χ2n) is 5.44. The lowest BCUT2D eigenvalue weighted by atomic mass is 10.1. The van der Waals surface area contributed by atoms with Crippen LogP contribution in [0.15, 0.2) is 22.7 Å². The molecule has 0 radical (unpaired) electrons. The molecule has 7 nitrogen and oxygen atoms in total. The van der Waals surface area contributed by atoms with Crippen LogP contribution >= 0.6 is 0 Å². The minimum Gasteiger partial charge on any atom is -0.485 e. The molecule has 0 spiro atoms. The van der Waals surface area contributed by atoms with E-state index in [0.29, 0.717) is 29.4 Å². The van der Waals surface area contributed by atoms with E-state index < -0.39 is 0 Å². The van der Waals surface area contributed by atoms with E-state index in [0.717, 1.165) is 16.6 Å². The van der Waals surface area contributed by atoms with Crippen LogP contribution < -0.4 is 4.74 Å². The first kappa shape index (κ1) is 16.0. The quantitative estimate of drug-likeness (QED) is 0.670. The molecule has 0 amide bonds. The van der Waals surface area contributed by atoms with Gasteiger partial charge in [0.15, 0.2) is 6.61 Å². The van der Waals surface area contributed by atoms with E-state index in [9.17, 15) is 4.79 Å². The highest BCUT2D eigenvalue weighted by molar-refractivity contribution is 6.06. The lowest BCUT2D eigenvalue weighted by molar-refractivity contribution is 0.0602. The molecule has 3 aromatic rings. The smallest absolute Gasteiger partial charge is 0.340 e. The lowest BCUT2D eigenvalue weighted by Crippen LogP contribution is -2.03. The minimum atomic E-state index is -0.360. The summed E-state index contributed by atoms with van der Waals surface area (Å²) in [6, 6.07) is 5.59. The normalized spacial score (nSPS) is 11.0. The van der Waals surface area contributed by atoms with Crippen molar-refractivity contribution < 1.29 is 18.8 Å². The maximum atomic E-state index is 12.1. The van der Waals surface area contributed by atoms with Gasteiger partial charge in [-0.15, -0.1) is 0 Å². The fraction of sp³-hybridized carbons (Fsp3) is 0.353. The SMILES string of the molecule is CCc1nc(COc2ccc3c(c2)c(C(=O)OC)c(C)n3C)no1. The molecule has 3 rings (SSSR count). The third kappa shape index (κ3) is 2.73. The van der Waals surface area contributed by atoms with E-state index in [2.05, 4.69) is 10.1 Å². The monoisotopic (exact) mass is 329 g/mol. The summed E-state index contributed by atoms with van der Waals surface area (Å²) in [6.07, 6.45) is 0.685. The first-order valence-corrected chi connectivity index (χ1v) is 7.66. The summed E-state index contributed by atoms with van der Waals surface area (Å²) in [6.45, 7) is 4.03. The molecule has 0 aliphatic carbocycles. The molecule has 0 N–H and O–H groups in total. The van der Waals surface area contributed by atoms with Crippen molar-refractivity contribution >= 4 is 16.9 Å². The molecule has 2 aromatic heterocycles. The van der Waals surface area contributed by atoms with Gasteiger partial charge in [-0.05, 0) is 25.1 Å². The molecule has 0 atom stereocenters. The number of hydrogen-bond donors (Lipinski definition) is 0. The van der Waals surface area contributed by atoms with Crippen molar-refractivity contribution in [2.24, 2.45) is 7.05 Å². The number of rotatable bonds is 5. The molecule has 126 valence electrons. The van der Waals surface area contributed by atoms with Crippen LogP contribution in [0.5, 0.6) is 5.75 Å². The van der Waals surface area contributed by atoms with Gasteiger partial charge >= 0.3 is 5.97 Å². The van der Waals surface area contributed by atoms with E-state index in [1.165, 1.54) is 7.11 Å². The van der Waals surface area contributed by atoms with Crippen LogP contribution in [0.4, 0.5) is 0 Å². The molecule has 0 fully saturated rings. The standard InChI is InChI=1S/C17H19N3O4/c1-5-15-18-14(19-24-15)9-23-11-6-7-13-12(8-11)16(17(21)22-4)10(2)20(13)3/h6-8H,5,9H2,1-4H3. The molecular formula is C17H19N3O4. The Labute approximate surface area is 139 Å². The van der Waals surface area contributed by atoms with E-state index in [1.807, 2.05) is 43.7 Å². The second-order valence-corrected chi connectivity index (χ2v) is 5.44. The van der Waals surface area contributed by atoms with E-state index >= 15 is 0 Å². The minimum absolute atomic E-state index is 0.203. The molecule has 0 saturated carbocycles. The van der Waals surface area contributed by atoms with Gasteiger partial charge in [0.25, 0.3) is 0 Å². The first-order chi connectivity index (χ1) is 11.5. The number of esters is 1. The largest absolute Gasteiger partial charge is 0.485 e. The van der Waals surface area contributed by atoms with Gasteiger partial charge in [-0.1, -0.05) is 12.1 Å². The van der Waals surface area contributed by atoms with Crippen LogP contribution in [-0.4, -0.2) is 27.8 Å². The Kier molecular flexibility index (Phi) is 4.24. The molecule has 0 bridgehead atoms. The van der Waals surface area contributed by atoms with Crippen LogP contribution in [-0.2, 0) is 24.8 Å². The number of ether oxygens (including phenoxy) is 2. The fourth-order valence-electron chi connectivity index (χ4n) is 2.64. The number of methoxy groups -OCH3 is 1. The Morgan fingerprint density at radius 2 is 2.17 bits per heavy atom. The first-order valence-electron chi connectivity index (χ1n) is 7.66. The molecule has 0 aliphatic heterocycles. The van der Waals surface area contributed by atoms with Gasteiger partial charge < -0.3 is 18.6 Å². The van der Waals surface area contributed by atoms with Crippen molar-refractivity contribution in [1.29, 1.82) is 0 Å². The summed E-state index contributed by atoms with van der Waals surface area (Å²) < 4.78 is 17.6. The molecule has 7 heteroatoms. The average molecular weight is 329 g/mol. The van der Waals surface area contributed by atoms with Gasteiger partial charge in [0.1, 0.15) is 5.75 Å². The van der Waals surface area contributed by atoms with Crippen LogP contribution in [0.2, 0.25) is 0 Å².